The van der Waals surface area contributed by atoms with Gasteiger partial charge in [-0.25, -0.2) is 0 Å². The highest BCUT2D eigenvalue weighted by Gasteiger charge is 2.17. The molecule has 1 aliphatic heterocycles. The van der Waals surface area contributed by atoms with Gasteiger partial charge < -0.3 is 10.4 Å². The van der Waals surface area contributed by atoms with Crippen LogP contribution in [0.15, 0.2) is 36.0 Å². The third kappa shape index (κ3) is 1.61. The lowest BCUT2D eigenvalue weighted by atomic mass is 10.1. The van der Waals surface area contributed by atoms with Crippen molar-refractivity contribution in [2.24, 2.45) is 0 Å². The van der Waals surface area contributed by atoms with Crippen LogP contribution < -0.4 is 5.32 Å². The van der Waals surface area contributed by atoms with E-state index in [4.69, 9.17) is 5.11 Å². The number of aliphatic hydroxyl groups is 1. The van der Waals surface area contributed by atoms with Crippen LogP contribution in [0, 0.1) is 0 Å². The lowest BCUT2D eigenvalue weighted by Crippen LogP contribution is -2.31. The summed E-state index contributed by atoms with van der Waals surface area (Å²) in [5.41, 5.74) is 0.846. The van der Waals surface area contributed by atoms with Crippen molar-refractivity contribution in [1.29, 1.82) is 0 Å². The van der Waals surface area contributed by atoms with E-state index in [1.54, 1.807) is 13.0 Å². The minimum atomic E-state index is -0.472. The summed E-state index contributed by atoms with van der Waals surface area (Å²) >= 11 is 0. The van der Waals surface area contributed by atoms with Gasteiger partial charge in [0, 0.05) is 0 Å². The topological polar surface area (TPSA) is 32.3 Å². The van der Waals surface area contributed by atoms with E-state index in [1.807, 2.05) is 0 Å². The maximum atomic E-state index is 12.5. The van der Waals surface area contributed by atoms with Gasteiger partial charge in [-0.15, -0.1) is 0 Å². The molecule has 2 nitrogen and oxygen atoms in total. The first kappa shape index (κ1) is 7.85. The third-order valence-corrected chi connectivity index (χ3v) is 1.56. The van der Waals surface area contributed by atoms with Crippen molar-refractivity contribution in [1.82, 2.24) is 5.32 Å². The first-order valence-corrected chi connectivity index (χ1v) is 3.29. The molecule has 1 aliphatic rings. The number of hydrogen-bond acceptors (Lipinski definition) is 2. The van der Waals surface area contributed by atoms with Crippen LogP contribution in [0.4, 0.5) is 4.39 Å². The van der Waals surface area contributed by atoms with Crippen LogP contribution in [0.2, 0.25) is 0 Å². The summed E-state index contributed by atoms with van der Waals surface area (Å²) in [5, 5.41) is 11.4. The highest BCUT2D eigenvalue weighted by molar-refractivity contribution is 5.29. The fourth-order valence-corrected chi connectivity index (χ4v) is 0.947. The van der Waals surface area contributed by atoms with Gasteiger partial charge in [-0.05, 0) is 18.6 Å². The Morgan fingerprint density at radius 2 is 2.36 bits per heavy atom. The maximum Gasteiger partial charge on any atom is 0.187 e. The predicted molar refractivity (Wildman–Crippen MR) is 41.6 cm³/mol. The fourth-order valence-electron chi connectivity index (χ4n) is 0.947. The Kier molecular flexibility index (Phi) is 1.98. The lowest BCUT2D eigenvalue weighted by molar-refractivity contribution is 0.353. The molecule has 1 atom stereocenters. The van der Waals surface area contributed by atoms with Gasteiger partial charge in [0.15, 0.2) is 5.95 Å². The number of nitrogens with one attached hydrogen (secondary N) is 1. The summed E-state index contributed by atoms with van der Waals surface area (Å²) in [6.45, 7) is 5.12. The Morgan fingerprint density at radius 1 is 1.73 bits per heavy atom. The highest BCUT2D eigenvalue weighted by atomic mass is 19.1. The Labute approximate surface area is 64.7 Å². The summed E-state index contributed by atoms with van der Waals surface area (Å²) in [4.78, 5) is 0. The number of allylic oxidation sites excluding steroid dienone is 2. The first-order valence-electron chi connectivity index (χ1n) is 3.29. The molecule has 0 spiro atoms. The summed E-state index contributed by atoms with van der Waals surface area (Å²) in [6.07, 6.45) is 2.92. The maximum absolute atomic E-state index is 12.5. The van der Waals surface area contributed by atoms with Crippen molar-refractivity contribution in [3.63, 3.8) is 0 Å². The largest absolute Gasteiger partial charge is 0.510 e. The Hall–Kier alpha value is -1.25. The number of dihydropyridines is 1. The summed E-state index contributed by atoms with van der Waals surface area (Å²) in [6, 6.07) is -0.472. The van der Waals surface area contributed by atoms with Crippen LogP contribution >= 0.6 is 0 Å². The Balaban J connectivity index is 2.81. The second kappa shape index (κ2) is 2.78. The Morgan fingerprint density at radius 3 is 2.82 bits per heavy atom. The molecule has 11 heavy (non-hydrogen) atoms. The zero-order valence-electron chi connectivity index (χ0n) is 6.26. The number of halogens is 1. The average Bonchev–Trinajstić information content (AvgIpc) is 1.94. The van der Waals surface area contributed by atoms with E-state index in [9.17, 15) is 4.39 Å². The van der Waals surface area contributed by atoms with Crippen LogP contribution in [0.25, 0.3) is 0 Å². The predicted octanol–water partition coefficient (Wildman–Crippen LogP) is 1.79. The van der Waals surface area contributed by atoms with Crippen molar-refractivity contribution in [2.75, 3.05) is 0 Å². The quantitative estimate of drug-likeness (QED) is 0.447. The van der Waals surface area contributed by atoms with Gasteiger partial charge in [0.05, 0.1) is 0 Å². The van der Waals surface area contributed by atoms with Gasteiger partial charge in [0.1, 0.15) is 11.8 Å². The standard InChI is InChI=1S/C8H10FNO/c1-5-3-4-7(9)10-8(5)6(2)11/h3-4,8,10-11H,2H2,1H3. The number of aliphatic hydroxyl groups excluding tert-OH is 1. The van der Waals surface area contributed by atoms with Gasteiger partial charge >= 0.3 is 0 Å². The van der Waals surface area contributed by atoms with Gasteiger partial charge in [-0.3, -0.25) is 0 Å². The van der Waals surface area contributed by atoms with Crippen molar-refractivity contribution >= 4 is 0 Å². The molecule has 0 aromatic carbocycles. The molecule has 0 aromatic rings. The molecule has 0 fully saturated rings. The fraction of sp³-hybridized carbons (Fsp3) is 0.250. The van der Waals surface area contributed by atoms with Crippen LogP contribution in [-0.4, -0.2) is 11.1 Å². The molecule has 0 amide bonds. The molecule has 1 rings (SSSR count). The van der Waals surface area contributed by atoms with Gasteiger partial charge in [0.25, 0.3) is 0 Å². The molecule has 60 valence electrons. The van der Waals surface area contributed by atoms with Gasteiger partial charge in [0.2, 0.25) is 0 Å². The first-order chi connectivity index (χ1) is 5.11. The normalized spacial score (nSPS) is 23.3. The summed E-state index contributed by atoms with van der Waals surface area (Å²) in [7, 11) is 0. The highest BCUT2D eigenvalue weighted by Crippen LogP contribution is 2.15. The molecule has 0 radical (unpaired) electrons. The second-order valence-corrected chi connectivity index (χ2v) is 2.49. The van der Waals surface area contributed by atoms with Crippen LogP contribution in [0.5, 0.6) is 0 Å². The zero-order valence-corrected chi connectivity index (χ0v) is 6.26. The van der Waals surface area contributed by atoms with E-state index < -0.39 is 12.0 Å². The van der Waals surface area contributed by atoms with Gasteiger partial charge in [-0.1, -0.05) is 12.7 Å². The minimum Gasteiger partial charge on any atom is -0.510 e. The third-order valence-electron chi connectivity index (χ3n) is 1.56. The molecular formula is C8H10FNO. The van der Waals surface area contributed by atoms with E-state index in [2.05, 4.69) is 11.9 Å². The molecule has 0 saturated carbocycles. The average molecular weight is 155 g/mol. The number of rotatable bonds is 1. The zero-order chi connectivity index (χ0) is 8.43. The van der Waals surface area contributed by atoms with E-state index in [-0.39, 0.29) is 5.76 Å². The summed E-state index contributed by atoms with van der Waals surface area (Å²) < 4.78 is 12.5. The molecule has 3 heteroatoms. The van der Waals surface area contributed by atoms with E-state index >= 15 is 0 Å². The van der Waals surface area contributed by atoms with Crippen LogP contribution in [-0.2, 0) is 0 Å². The molecule has 1 heterocycles. The molecule has 0 aromatic heterocycles. The van der Waals surface area contributed by atoms with Crippen molar-refractivity contribution in [2.45, 2.75) is 13.0 Å². The van der Waals surface area contributed by atoms with Gasteiger partial charge in [-0.2, -0.15) is 4.39 Å². The molecule has 2 N–H and O–H groups in total. The number of hydrogen-bond donors (Lipinski definition) is 2. The van der Waals surface area contributed by atoms with Crippen molar-refractivity contribution in [3.8, 4) is 0 Å². The second-order valence-electron chi connectivity index (χ2n) is 2.49. The van der Waals surface area contributed by atoms with E-state index in [1.165, 1.54) is 6.08 Å². The van der Waals surface area contributed by atoms with Crippen molar-refractivity contribution in [3.05, 3.63) is 36.0 Å². The van der Waals surface area contributed by atoms with Crippen LogP contribution in [0.1, 0.15) is 6.92 Å². The molecular weight excluding hydrogens is 145 g/mol. The van der Waals surface area contributed by atoms with Crippen LogP contribution in [0.3, 0.4) is 0 Å². The van der Waals surface area contributed by atoms with E-state index in [0.29, 0.717) is 0 Å². The smallest absolute Gasteiger partial charge is 0.187 e. The lowest BCUT2D eigenvalue weighted by Gasteiger charge is -2.20. The molecule has 0 aliphatic carbocycles. The van der Waals surface area contributed by atoms with Crippen molar-refractivity contribution < 1.29 is 9.50 Å². The minimum absolute atomic E-state index is 0.0676. The molecule has 1 unspecified atom stereocenters. The van der Waals surface area contributed by atoms with E-state index in [0.717, 1.165) is 5.57 Å². The summed E-state index contributed by atoms with van der Waals surface area (Å²) in [5.74, 6) is -0.516. The monoisotopic (exact) mass is 155 g/mol. The molecule has 0 bridgehead atoms. The molecule has 0 saturated heterocycles. The Bertz CT molecular complexity index is 242. The SMILES string of the molecule is C=C(O)C1NC(F)=CC=C1C.